The molecule has 0 radical (unpaired) electrons. The number of nitrogens with one attached hydrogen (secondary N) is 1. The molecule has 0 aromatic carbocycles. The van der Waals surface area contributed by atoms with E-state index in [1.165, 1.54) is 0 Å². The lowest BCUT2D eigenvalue weighted by Crippen LogP contribution is -2.51. The summed E-state index contributed by atoms with van der Waals surface area (Å²) in [7, 11) is 0. The summed E-state index contributed by atoms with van der Waals surface area (Å²) in [5.41, 5.74) is 0. The van der Waals surface area contributed by atoms with Gasteiger partial charge in [-0.05, 0) is 53.2 Å². The highest BCUT2D eigenvalue weighted by atomic mass is 16.2. The molecule has 1 fully saturated rings. The Morgan fingerprint density at radius 1 is 1.28 bits per heavy atom. The molecular formula is C14H29N3O. The van der Waals surface area contributed by atoms with Crippen LogP contribution in [0.4, 0.5) is 0 Å². The van der Waals surface area contributed by atoms with Gasteiger partial charge >= 0.3 is 0 Å². The maximum atomic E-state index is 12.2. The molecule has 0 bridgehead atoms. The smallest absolute Gasteiger partial charge is 0.239 e. The molecule has 4 heteroatoms. The first-order chi connectivity index (χ1) is 8.62. The normalized spacial score (nSPS) is 19.8. The van der Waals surface area contributed by atoms with Crippen LogP contribution in [-0.4, -0.2) is 60.5 Å². The Morgan fingerprint density at radius 3 is 2.28 bits per heavy atom. The van der Waals surface area contributed by atoms with E-state index in [-0.39, 0.29) is 11.9 Å². The van der Waals surface area contributed by atoms with Gasteiger partial charge in [-0.15, -0.1) is 0 Å². The first kappa shape index (κ1) is 15.4. The van der Waals surface area contributed by atoms with Crippen LogP contribution < -0.4 is 5.32 Å². The second kappa shape index (κ2) is 7.74. The van der Waals surface area contributed by atoms with E-state index in [1.54, 1.807) is 0 Å². The summed E-state index contributed by atoms with van der Waals surface area (Å²) in [4.78, 5) is 16.5. The minimum atomic E-state index is -0.0527. The lowest BCUT2D eigenvalue weighted by Gasteiger charge is -2.34. The maximum Gasteiger partial charge on any atom is 0.239 e. The van der Waals surface area contributed by atoms with Crippen LogP contribution in [0.1, 0.15) is 40.5 Å². The van der Waals surface area contributed by atoms with Crippen molar-refractivity contribution in [3.63, 3.8) is 0 Å². The number of rotatable bonds is 6. The van der Waals surface area contributed by atoms with E-state index < -0.39 is 0 Å². The molecule has 4 nitrogen and oxygen atoms in total. The third kappa shape index (κ3) is 4.25. The van der Waals surface area contributed by atoms with Crippen molar-refractivity contribution in [2.24, 2.45) is 0 Å². The lowest BCUT2D eigenvalue weighted by atomic mass is 10.0. The zero-order valence-corrected chi connectivity index (χ0v) is 12.4. The van der Waals surface area contributed by atoms with Gasteiger partial charge in [0, 0.05) is 19.1 Å². The van der Waals surface area contributed by atoms with Gasteiger partial charge in [-0.1, -0.05) is 6.92 Å². The number of carbonyl (C=O) groups is 1. The Labute approximate surface area is 112 Å². The van der Waals surface area contributed by atoms with E-state index in [9.17, 15) is 4.79 Å². The number of hydrogen-bond donors (Lipinski definition) is 1. The minimum absolute atomic E-state index is 0.0527. The third-order valence-corrected chi connectivity index (χ3v) is 3.97. The van der Waals surface area contributed by atoms with E-state index in [1.807, 2.05) is 25.7 Å². The summed E-state index contributed by atoms with van der Waals surface area (Å²) in [5.74, 6) is 0.234. The molecule has 0 saturated carbocycles. The predicted molar refractivity (Wildman–Crippen MR) is 75.7 cm³/mol. The van der Waals surface area contributed by atoms with Gasteiger partial charge in [-0.2, -0.15) is 0 Å². The van der Waals surface area contributed by atoms with Crippen molar-refractivity contribution >= 4 is 5.91 Å². The van der Waals surface area contributed by atoms with Gasteiger partial charge in [-0.25, -0.2) is 0 Å². The number of likely N-dealkylation sites (tertiary alicyclic amines) is 1. The Balaban J connectivity index is 2.36. The van der Waals surface area contributed by atoms with Crippen molar-refractivity contribution in [2.45, 2.75) is 52.6 Å². The summed E-state index contributed by atoms with van der Waals surface area (Å²) >= 11 is 0. The first-order valence-electron chi connectivity index (χ1n) is 7.39. The van der Waals surface area contributed by atoms with Crippen LogP contribution in [0, 0.1) is 0 Å². The van der Waals surface area contributed by atoms with Crippen molar-refractivity contribution in [3.8, 4) is 0 Å². The predicted octanol–water partition coefficient (Wildman–Crippen LogP) is 1.32. The third-order valence-electron chi connectivity index (χ3n) is 3.97. The van der Waals surface area contributed by atoms with Crippen molar-refractivity contribution in [1.82, 2.24) is 15.1 Å². The van der Waals surface area contributed by atoms with Crippen LogP contribution in [0.2, 0.25) is 0 Å². The van der Waals surface area contributed by atoms with Gasteiger partial charge in [0.05, 0.1) is 6.04 Å². The zero-order chi connectivity index (χ0) is 13.5. The van der Waals surface area contributed by atoms with Gasteiger partial charge in [0.2, 0.25) is 5.91 Å². The fourth-order valence-corrected chi connectivity index (χ4v) is 2.65. The molecule has 1 atom stereocenters. The molecule has 0 aromatic heterocycles. The molecule has 1 amide bonds. The Hall–Kier alpha value is -0.610. The maximum absolute atomic E-state index is 12.2. The summed E-state index contributed by atoms with van der Waals surface area (Å²) in [5, 5.41) is 3.49. The summed E-state index contributed by atoms with van der Waals surface area (Å²) < 4.78 is 0. The molecular weight excluding hydrogens is 226 g/mol. The number of piperidine rings is 1. The van der Waals surface area contributed by atoms with E-state index >= 15 is 0 Å². The van der Waals surface area contributed by atoms with Crippen molar-refractivity contribution in [1.29, 1.82) is 0 Å². The van der Waals surface area contributed by atoms with Gasteiger partial charge in [-0.3, -0.25) is 4.79 Å². The zero-order valence-electron chi connectivity index (χ0n) is 12.4. The van der Waals surface area contributed by atoms with E-state index in [0.29, 0.717) is 6.04 Å². The molecule has 1 heterocycles. The number of likely N-dealkylation sites (N-methyl/N-ethyl adjacent to an activating group) is 1. The van der Waals surface area contributed by atoms with Crippen molar-refractivity contribution in [3.05, 3.63) is 0 Å². The second-order valence-corrected chi connectivity index (χ2v) is 5.11. The van der Waals surface area contributed by atoms with Crippen LogP contribution in [-0.2, 0) is 4.79 Å². The minimum Gasteiger partial charge on any atom is -0.342 e. The van der Waals surface area contributed by atoms with E-state index in [2.05, 4.69) is 17.1 Å². The molecule has 1 aliphatic heterocycles. The standard InChI is InChI=1S/C14H29N3O/c1-5-16-10-8-13(9-11-16)15-12(4)14(18)17(6-2)7-3/h12-13,15H,5-11H2,1-4H3. The van der Waals surface area contributed by atoms with E-state index in [4.69, 9.17) is 0 Å². The van der Waals surface area contributed by atoms with Crippen LogP contribution >= 0.6 is 0 Å². The van der Waals surface area contributed by atoms with Crippen molar-refractivity contribution < 1.29 is 4.79 Å². The molecule has 1 saturated heterocycles. The summed E-state index contributed by atoms with van der Waals surface area (Å²) in [6, 6.07) is 0.449. The van der Waals surface area contributed by atoms with Crippen molar-refractivity contribution in [2.75, 3.05) is 32.7 Å². The highest BCUT2D eigenvalue weighted by Gasteiger charge is 2.23. The molecule has 1 unspecified atom stereocenters. The fraction of sp³-hybridized carbons (Fsp3) is 0.929. The Bertz CT molecular complexity index is 245. The Kier molecular flexibility index (Phi) is 6.65. The average Bonchev–Trinajstić information content (AvgIpc) is 2.40. The highest BCUT2D eigenvalue weighted by molar-refractivity contribution is 5.81. The summed E-state index contributed by atoms with van der Waals surface area (Å²) in [6.45, 7) is 13.3. The lowest BCUT2D eigenvalue weighted by molar-refractivity contribution is -0.132. The van der Waals surface area contributed by atoms with Crippen LogP contribution in [0.5, 0.6) is 0 Å². The topological polar surface area (TPSA) is 35.6 Å². The highest BCUT2D eigenvalue weighted by Crippen LogP contribution is 2.11. The second-order valence-electron chi connectivity index (χ2n) is 5.11. The van der Waals surface area contributed by atoms with Crippen LogP contribution in [0.15, 0.2) is 0 Å². The monoisotopic (exact) mass is 255 g/mol. The molecule has 106 valence electrons. The molecule has 0 aliphatic carbocycles. The SMILES string of the molecule is CCN1CCC(NC(C)C(=O)N(CC)CC)CC1. The quantitative estimate of drug-likeness (QED) is 0.777. The molecule has 1 rings (SSSR count). The largest absolute Gasteiger partial charge is 0.342 e. The van der Waals surface area contributed by atoms with Gasteiger partial charge in [0.1, 0.15) is 0 Å². The first-order valence-corrected chi connectivity index (χ1v) is 7.39. The molecule has 18 heavy (non-hydrogen) atoms. The van der Waals surface area contributed by atoms with E-state index in [0.717, 1.165) is 45.6 Å². The van der Waals surface area contributed by atoms with Gasteiger partial charge in [0.25, 0.3) is 0 Å². The fourth-order valence-electron chi connectivity index (χ4n) is 2.65. The number of hydrogen-bond acceptors (Lipinski definition) is 3. The average molecular weight is 255 g/mol. The number of carbonyl (C=O) groups excluding carboxylic acids is 1. The molecule has 0 spiro atoms. The molecule has 1 aliphatic rings. The van der Waals surface area contributed by atoms with Crippen LogP contribution in [0.25, 0.3) is 0 Å². The molecule has 1 N–H and O–H groups in total. The van der Waals surface area contributed by atoms with Crippen LogP contribution in [0.3, 0.4) is 0 Å². The Morgan fingerprint density at radius 2 is 1.83 bits per heavy atom. The van der Waals surface area contributed by atoms with Gasteiger partial charge < -0.3 is 15.1 Å². The summed E-state index contributed by atoms with van der Waals surface area (Å²) in [6.07, 6.45) is 2.31. The number of nitrogens with zero attached hydrogens (tertiary/aromatic N) is 2. The number of amides is 1. The van der Waals surface area contributed by atoms with Gasteiger partial charge in [0.15, 0.2) is 0 Å². The molecule has 0 aromatic rings.